The van der Waals surface area contributed by atoms with E-state index < -0.39 is 12.7 Å². The number of ether oxygens (including phenoxy) is 1. The first kappa shape index (κ1) is 13.0. The number of halogens is 2. The molecule has 3 rings (SSSR count). The predicted octanol–water partition coefficient (Wildman–Crippen LogP) is 1.74. The van der Waals surface area contributed by atoms with Gasteiger partial charge in [0.2, 0.25) is 5.95 Å². The number of nitrogens with zero attached hydrogens (tertiary/aromatic N) is 2. The van der Waals surface area contributed by atoms with Crippen LogP contribution in [-0.2, 0) is 4.74 Å². The maximum atomic E-state index is 12.2. The van der Waals surface area contributed by atoms with Gasteiger partial charge in [-0.2, -0.15) is 8.78 Å². The van der Waals surface area contributed by atoms with Crippen molar-refractivity contribution in [2.45, 2.75) is 19.1 Å². The topological polar surface area (TPSA) is 58.2 Å². The molecule has 0 aliphatic carbocycles. The summed E-state index contributed by atoms with van der Waals surface area (Å²) in [6.07, 6.45) is -0.0484. The third kappa shape index (κ3) is 2.49. The maximum absolute atomic E-state index is 12.2. The van der Waals surface area contributed by atoms with Gasteiger partial charge in [-0.05, 0) is 18.6 Å². The fourth-order valence-corrected chi connectivity index (χ4v) is 2.40. The molecule has 106 valence electrons. The summed E-state index contributed by atoms with van der Waals surface area (Å²) in [6, 6.07) is 7.00. The van der Waals surface area contributed by atoms with Gasteiger partial charge in [0, 0.05) is 13.1 Å². The molecule has 20 heavy (non-hydrogen) atoms. The first-order chi connectivity index (χ1) is 9.63. The number of anilines is 1. The molecule has 0 radical (unpaired) electrons. The Morgan fingerprint density at radius 2 is 2.20 bits per heavy atom. The molecule has 2 heterocycles. The number of hydrogen-bond donors (Lipinski definition) is 1. The molecule has 7 heteroatoms. The van der Waals surface area contributed by atoms with Crippen LogP contribution in [0, 0.1) is 0 Å². The van der Waals surface area contributed by atoms with Crippen LogP contribution in [-0.4, -0.2) is 35.8 Å². The van der Waals surface area contributed by atoms with Crippen LogP contribution < -0.4 is 10.5 Å². The van der Waals surface area contributed by atoms with Gasteiger partial charge in [-0.15, -0.1) is 0 Å². The molecule has 1 N–H and O–H groups in total. The fourth-order valence-electron chi connectivity index (χ4n) is 2.40. The fraction of sp³-hybridized carbons (Fsp3) is 0.385. The molecule has 5 nitrogen and oxygen atoms in total. The van der Waals surface area contributed by atoms with Gasteiger partial charge in [-0.25, -0.2) is 4.98 Å². The number of aromatic nitrogens is 2. The minimum atomic E-state index is -2.77. The summed E-state index contributed by atoms with van der Waals surface area (Å²) >= 11 is 0. The third-order valence-electron chi connectivity index (χ3n) is 3.34. The number of para-hydroxylation sites is 1. The number of H-pyrrole nitrogens is 1. The zero-order valence-corrected chi connectivity index (χ0v) is 10.6. The molecule has 1 aliphatic rings. The maximum Gasteiger partial charge on any atom is 0.345 e. The molecular weight excluding hydrogens is 268 g/mol. The predicted molar refractivity (Wildman–Crippen MR) is 70.1 cm³/mol. The van der Waals surface area contributed by atoms with Crippen LogP contribution in [0.25, 0.3) is 10.9 Å². The SMILES string of the molecule is O=c1[nH]c(N2CC[C@H](OC(F)F)C2)nc2ccccc12. The van der Waals surface area contributed by atoms with Crippen LogP contribution in [0.3, 0.4) is 0 Å². The normalized spacial score (nSPS) is 19.1. The Bertz CT molecular complexity index is 674. The molecule has 1 aromatic carbocycles. The monoisotopic (exact) mass is 281 g/mol. The Hall–Kier alpha value is -2.02. The van der Waals surface area contributed by atoms with Gasteiger partial charge in [0.15, 0.2) is 0 Å². The first-order valence-electron chi connectivity index (χ1n) is 6.31. The summed E-state index contributed by atoms with van der Waals surface area (Å²) in [5.74, 6) is 0.397. The molecule has 0 spiro atoms. The van der Waals surface area contributed by atoms with Crippen LogP contribution in [0.5, 0.6) is 0 Å². The van der Waals surface area contributed by atoms with Crippen molar-refractivity contribution in [3.05, 3.63) is 34.6 Å². The lowest BCUT2D eigenvalue weighted by molar-refractivity contribution is -0.156. The summed E-state index contributed by atoms with van der Waals surface area (Å²) in [4.78, 5) is 20.7. The van der Waals surface area contributed by atoms with Crippen molar-refractivity contribution in [3.63, 3.8) is 0 Å². The summed E-state index contributed by atoms with van der Waals surface area (Å²) in [5, 5.41) is 0.510. The van der Waals surface area contributed by atoms with E-state index >= 15 is 0 Å². The molecule has 0 saturated carbocycles. The van der Waals surface area contributed by atoms with Crippen LogP contribution in [0.15, 0.2) is 29.1 Å². The van der Waals surface area contributed by atoms with E-state index in [9.17, 15) is 13.6 Å². The van der Waals surface area contributed by atoms with E-state index in [-0.39, 0.29) is 5.56 Å². The largest absolute Gasteiger partial charge is 0.345 e. The van der Waals surface area contributed by atoms with Crippen LogP contribution in [0.4, 0.5) is 14.7 Å². The second kappa shape index (κ2) is 5.16. The highest BCUT2D eigenvalue weighted by Crippen LogP contribution is 2.20. The first-order valence-corrected chi connectivity index (χ1v) is 6.31. The van der Waals surface area contributed by atoms with E-state index in [1.165, 1.54) is 0 Å². The summed E-state index contributed by atoms with van der Waals surface area (Å²) in [5.41, 5.74) is 0.355. The van der Waals surface area contributed by atoms with Crippen molar-refractivity contribution in [2.75, 3.05) is 18.0 Å². The lowest BCUT2D eigenvalue weighted by Gasteiger charge is -2.17. The van der Waals surface area contributed by atoms with Crippen molar-refractivity contribution < 1.29 is 13.5 Å². The van der Waals surface area contributed by atoms with Crippen molar-refractivity contribution in [3.8, 4) is 0 Å². The van der Waals surface area contributed by atoms with E-state index in [0.29, 0.717) is 36.4 Å². The average molecular weight is 281 g/mol. The number of alkyl halides is 2. The number of hydrogen-bond acceptors (Lipinski definition) is 4. The Kier molecular flexibility index (Phi) is 3.35. The lowest BCUT2D eigenvalue weighted by Crippen LogP contribution is -2.27. The minimum absolute atomic E-state index is 0.233. The summed E-state index contributed by atoms with van der Waals surface area (Å²) in [7, 11) is 0. The van der Waals surface area contributed by atoms with Crippen LogP contribution >= 0.6 is 0 Å². The molecule has 1 aliphatic heterocycles. The smallest absolute Gasteiger partial charge is 0.340 e. The molecule has 1 fully saturated rings. The third-order valence-corrected chi connectivity index (χ3v) is 3.34. The molecule has 1 saturated heterocycles. The average Bonchev–Trinajstić information content (AvgIpc) is 2.86. The van der Waals surface area contributed by atoms with E-state index in [2.05, 4.69) is 14.7 Å². The highest BCUT2D eigenvalue weighted by Gasteiger charge is 2.27. The number of benzene rings is 1. The van der Waals surface area contributed by atoms with Gasteiger partial charge in [0.05, 0.1) is 17.0 Å². The Labute approximate surface area is 113 Å². The van der Waals surface area contributed by atoms with Crippen LogP contribution in [0.2, 0.25) is 0 Å². The number of fused-ring (bicyclic) bond motifs is 1. The minimum Gasteiger partial charge on any atom is -0.340 e. The van der Waals surface area contributed by atoms with Crippen molar-refractivity contribution in [1.82, 2.24) is 9.97 Å². The van der Waals surface area contributed by atoms with Crippen molar-refractivity contribution >= 4 is 16.9 Å². The Morgan fingerprint density at radius 1 is 1.40 bits per heavy atom. The second-order valence-electron chi connectivity index (χ2n) is 4.66. The Balaban J connectivity index is 1.86. The van der Waals surface area contributed by atoms with Crippen LogP contribution in [0.1, 0.15) is 6.42 Å². The molecule has 0 bridgehead atoms. The van der Waals surface area contributed by atoms with Crippen molar-refractivity contribution in [1.29, 1.82) is 0 Å². The molecule has 0 amide bonds. The van der Waals surface area contributed by atoms with Gasteiger partial charge in [0.1, 0.15) is 0 Å². The highest BCUT2D eigenvalue weighted by atomic mass is 19.3. The standard InChI is InChI=1S/C13H13F2N3O2/c14-12(15)20-8-5-6-18(7-8)13-16-10-4-2-1-3-9(10)11(19)17-13/h1-4,8,12H,5-7H2,(H,16,17,19)/t8-/m0/s1. The summed E-state index contributed by atoms with van der Waals surface area (Å²) < 4.78 is 28.8. The molecule has 1 aromatic heterocycles. The van der Waals surface area contributed by atoms with Gasteiger partial charge in [0.25, 0.3) is 5.56 Å². The molecule has 0 unspecified atom stereocenters. The Morgan fingerprint density at radius 3 is 3.00 bits per heavy atom. The second-order valence-corrected chi connectivity index (χ2v) is 4.66. The van der Waals surface area contributed by atoms with E-state index in [1.807, 2.05) is 0 Å². The van der Waals surface area contributed by atoms with E-state index in [0.717, 1.165) is 0 Å². The number of nitrogens with one attached hydrogen (secondary N) is 1. The molecular formula is C13H13F2N3O2. The van der Waals surface area contributed by atoms with Gasteiger partial charge in [-0.3, -0.25) is 9.78 Å². The van der Waals surface area contributed by atoms with Crippen molar-refractivity contribution in [2.24, 2.45) is 0 Å². The number of rotatable bonds is 3. The summed E-state index contributed by atoms with van der Waals surface area (Å²) in [6.45, 7) is -1.95. The van der Waals surface area contributed by atoms with Gasteiger partial charge < -0.3 is 9.64 Å². The lowest BCUT2D eigenvalue weighted by atomic mass is 10.2. The van der Waals surface area contributed by atoms with Gasteiger partial charge in [-0.1, -0.05) is 12.1 Å². The molecule has 2 aromatic rings. The van der Waals surface area contributed by atoms with Gasteiger partial charge >= 0.3 is 6.61 Å². The zero-order valence-electron chi connectivity index (χ0n) is 10.6. The quantitative estimate of drug-likeness (QED) is 0.931. The zero-order chi connectivity index (χ0) is 14.1. The molecule has 1 atom stereocenters. The number of aromatic amines is 1. The van der Waals surface area contributed by atoms with E-state index in [1.54, 1.807) is 29.2 Å². The van der Waals surface area contributed by atoms with E-state index in [4.69, 9.17) is 0 Å². The highest BCUT2D eigenvalue weighted by molar-refractivity contribution is 5.78.